The van der Waals surface area contributed by atoms with E-state index < -0.39 is 29.9 Å². The fraction of sp³-hybridized carbons (Fsp3) is 0.316. The summed E-state index contributed by atoms with van der Waals surface area (Å²) in [5, 5.41) is 2.59. The van der Waals surface area contributed by atoms with Crippen LogP contribution in [0.5, 0.6) is 5.88 Å². The molecule has 3 heterocycles. The van der Waals surface area contributed by atoms with E-state index in [9.17, 15) is 27.6 Å². The molecule has 3 aromatic rings. The molecule has 1 amide bonds. The van der Waals surface area contributed by atoms with E-state index in [1.807, 2.05) is 6.92 Å². The molecule has 3 aromatic heterocycles. The molecule has 0 aliphatic carbocycles. The first kappa shape index (κ1) is 22.0. The summed E-state index contributed by atoms with van der Waals surface area (Å²) >= 11 is 0. The minimum absolute atomic E-state index is 0.0429. The Morgan fingerprint density at radius 2 is 2.06 bits per heavy atom. The smallest absolute Gasteiger partial charge is 0.422 e. The van der Waals surface area contributed by atoms with Gasteiger partial charge < -0.3 is 10.1 Å². The monoisotopic (exact) mass is 437 g/mol. The van der Waals surface area contributed by atoms with Gasteiger partial charge in [0.1, 0.15) is 5.65 Å². The lowest BCUT2D eigenvalue weighted by atomic mass is 10.2. The number of nitrogens with zero attached hydrogens (tertiary/aromatic N) is 3. The van der Waals surface area contributed by atoms with Gasteiger partial charge in [-0.1, -0.05) is 13.0 Å². The molecule has 0 saturated heterocycles. The minimum Gasteiger partial charge on any atom is -0.468 e. The van der Waals surface area contributed by atoms with E-state index in [2.05, 4.69) is 25.0 Å². The van der Waals surface area contributed by atoms with Crippen molar-refractivity contribution in [3.05, 3.63) is 62.6 Å². The summed E-state index contributed by atoms with van der Waals surface area (Å²) < 4.78 is 43.2. The number of aromatic amines is 1. The van der Waals surface area contributed by atoms with Crippen molar-refractivity contribution in [3.8, 4) is 5.88 Å². The highest BCUT2D eigenvalue weighted by molar-refractivity contribution is 5.96. The first-order chi connectivity index (χ1) is 14.7. The molecule has 0 radical (unpaired) electrons. The van der Waals surface area contributed by atoms with E-state index in [1.165, 1.54) is 35.2 Å². The van der Waals surface area contributed by atoms with Crippen molar-refractivity contribution in [1.29, 1.82) is 0 Å². The van der Waals surface area contributed by atoms with Gasteiger partial charge in [0.05, 0.1) is 10.9 Å². The van der Waals surface area contributed by atoms with Crippen molar-refractivity contribution in [2.45, 2.75) is 32.6 Å². The van der Waals surface area contributed by atoms with E-state index in [-0.39, 0.29) is 34.6 Å². The molecule has 164 valence electrons. The highest BCUT2D eigenvalue weighted by Crippen LogP contribution is 2.20. The molecule has 12 heteroatoms. The second-order valence-electron chi connectivity index (χ2n) is 6.56. The molecule has 0 fully saturated rings. The zero-order valence-electron chi connectivity index (χ0n) is 16.3. The Balaban J connectivity index is 1.80. The summed E-state index contributed by atoms with van der Waals surface area (Å²) in [6.07, 6.45) is -1.41. The third kappa shape index (κ3) is 5.27. The predicted molar refractivity (Wildman–Crippen MR) is 104 cm³/mol. The quantitative estimate of drug-likeness (QED) is 0.582. The lowest BCUT2D eigenvalue weighted by molar-refractivity contribution is -0.154. The summed E-state index contributed by atoms with van der Waals surface area (Å²) in [4.78, 5) is 46.7. The van der Waals surface area contributed by atoms with Crippen LogP contribution in [-0.2, 0) is 13.1 Å². The number of pyridine rings is 2. The first-order valence-corrected chi connectivity index (χ1v) is 9.24. The van der Waals surface area contributed by atoms with Crippen LogP contribution in [0.4, 0.5) is 13.2 Å². The van der Waals surface area contributed by atoms with Crippen LogP contribution in [-0.4, -0.2) is 38.2 Å². The van der Waals surface area contributed by atoms with Crippen molar-refractivity contribution >= 4 is 16.9 Å². The molecule has 0 bridgehead atoms. The summed E-state index contributed by atoms with van der Waals surface area (Å²) in [6, 6.07) is 4.25. The Kier molecular flexibility index (Phi) is 6.37. The molecule has 0 atom stereocenters. The van der Waals surface area contributed by atoms with Crippen molar-refractivity contribution in [1.82, 2.24) is 24.8 Å². The number of alkyl halides is 3. The Morgan fingerprint density at radius 1 is 1.29 bits per heavy atom. The largest absolute Gasteiger partial charge is 0.468 e. The number of rotatable bonds is 7. The number of nitrogens with one attached hydrogen (secondary N) is 2. The van der Waals surface area contributed by atoms with Crippen molar-refractivity contribution in [2.24, 2.45) is 0 Å². The number of fused-ring (bicyclic) bond motifs is 1. The molecule has 3 rings (SSSR count). The van der Waals surface area contributed by atoms with Crippen LogP contribution >= 0.6 is 0 Å². The van der Waals surface area contributed by atoms with Crippen LogP contribution in [0.2, 0.25) is 0 Å². The fourth-order valence-electron chi connectivity index (χ4n) is 2.84. The molecule has 0 saturated carbocycles. The number of amides is 1. The number of hydrogen-bond donors (Lipinski definition) is 2. The first-order valence-electron chi connectivity index (χ1n) is 9.24. The molecular formula is C19H18F3N5O4. The molecule has 0 unspecified atom stereocenters. The molecule has 0 aromatic carbocycles. The second-order valence-corrected chi connectivity index (χ2v) is 6.56. The van der Waals surface area contributed by atoms with Gasteiger partial charge in [0.2, 0.25) is 5.88 Å². The second kappa shape index (κ2) is 8.98. The van der Waals surface area contributed by atoms with E-state index in [4.69, 9.17) is 0 Å². The maximum absolute atomic E-state index is 12.5. The van der Waals surface area contributed by atoms with Crippen LogP contribution in [0.25, 0.3) is 11.0 Å². The topological polar surface area (TPSA) is 119 Å². The van der Waals surface area contributed by atoms with Gasteiger partial charge in [0.25, 0.3) is 11.5 Å². The molecule has 0 spiro atoms. The highest BCUT2D eigenvalue weighted by Gasteiger charge is 2.29. The molecule has 9 nitrogen and oxygen atoms in total. The Bertz CT molecular complexity index is 1220. The average Bonchev–Trinajstić information content (AvgIpc) is 2.73. The van der Waals surface area contributed by atoms with Gasteiger partial charge in [-0.05, 0) is 18.6 Å². The lowest BCUT2D eigenvalue weighted by Gasteiger charge is -2.12. The van der Waals surface area contributed by atoms with Crippen LogP contribution in [0.3, 0.4) is 0 Å². The third-order valence-electron chi connectivity index (χ3n) is 4.20. The summed E-state index contributed by atoms with van der Waals surface area (Å²) in [6.45, 7) is 0.522. The SMILES string of the molecule is CCCn1c(=O)[nH]c(=O)c2cc(C(=O)NCc3cccnc3OCC(F)(F)F)cnc21. The maximum atomic E-state index is 12.5. The normalized spacial score (nSPS) is 11.5. The minimum atomic E-state index is -4.53. The van der Waals surface area contributed by atoms with Crippen molar-refractivity contribution in [3.63, 3.8) is 0 Å². The van der Waals surface area contributed by atoms with Gasteiger partial charge in [-0.25, -0.2) is 14.8 Å². The van der Waals surface area contributed by atoms with Crippen LogP contribution in [0, 0.1) is 0 Å². The number of aromatic nitrogens is 4. The summed E-state index contributed by atoms with van der Waals surface area (Å²) in [5.74, 6) is -0.871. The van der Waals surface area contributed by atoms with E-state index >= 15 is 0 Å². The van der Waals surface area contributed by atoms with Crippen LogP contribution in [0.15, 0.2) is 40.2 Å². The van der Waals surface area contributed by atoms with Gasteiger partial charge in [0.15, 0.2) is 6.61 Å². The van der Waals surface area contributed by atoms with Gasteiger partial charge in [-0.3, -0.25) is 19.1 Å². The average molecular weight is 437 g/mol. The maximum Gasteiger partial charge on any atom is 0.422 e. The Hall–Kier alpha value is -3.70. The zero-order valence-corrected chi connectivity index (χ0v) is 16.3. The molecular weight excluding hydrogens is 419 g/mol. The van der Waals surface area contributed by atoms with Gasteiger partial charge in [-0.15, -0.1) is 0 Å². The number of ether oxygens (including phenoxy) is 1. The van der Waals surface area contributed by atoms with Crippen molar-refractivity contribution in [2.75, 3.05) is 6.61 Å². The molecule has 0 aliphatic heterocycles. The van der Waals surface area contributed by atoms with Crippen LogP contribution < -0.4 is 21.3 Å². The summed E-state index contributed by atoms with van der Waals surface area (Å²) in [5.41, 5.74) is -0.830. The molecule has 2 N–H and O–H groups in total. The van der Waals surface area contributed by atoms with E-state index in [0.717, 1.165) is 0 Å². The third-order valence-corrected chi connectivity index (χ3v) is 4.20. The van der Waals surface area contributed by atoms with Gasteiger partial charge in [-0.2, -0.15) is 13.2 Å². The van der Waals surface area contributed by atoms with E-state index in [1.54, 1.807) is 0 Å². The Morgan fingerprint density at radius 3 is 2.77 bits per heavy atom. The Labute approximate surface area is 172 Å². The summed E-state index contributed by atoms with van der Waals surface area (Å²) in [7, 11) is 0. The number of halogens is 3. The number of aryl methyl sites for hydroxylation is 1. The van der Waals surface area contributed by atoms with Crippen LogP contribution in [0.1, 0.15) is 29.3 Å². The number of hydrogen-bond acceptors (Lipinski definition) is 6. The number of H-pyrrole nitrogens is 1. The number of carbonyl (C=O) groups is 1. The highest BCUT2D eigenvalue weighted by atomic mass is 19.4. The van der Waals surface area contributed by atoms with Gasteiger partial charge >= 0.3 is 11.9 Å². The van der Waals surface area contributed by atoms with E-state index in [0.29, 0.717) is 13.0 Å². The predicted octanol–water partition coefficient (Wildman–Crippen LogP) is 1.76. The van der Waals surface area contributed by atoms with Crippen molar-refractivity contribution < 1.29 is 22.7 Å². The molecule has 0 aliphatic rings. The standard InChI is InChI=1S/C19H18F3N5O4/c1-2-6-27-14-13(16(29)26-18(27)30)7-12(9-24-14)15(28)25-8-11-4-3-5-23-17(11)31-10-19(20,21)22/h3-5,7,9H,2,6,8,10H2,1H3,(H,25,28)(H,26,29,30). The van der Waals surface area contributed by atoms with Gasteiger partial charge in [0, 0.05) is 31.0 Å². The number of carbonyl (C=O) groups excluding carboxylic acids is 1. The lowest BCUT2D eigenvalue weighted by Crippen LogP contribution is -2.31. The fourth-order valence-corrected chi connectivity index (χ4v) is 2.84. The zero-order chi connectivity index (χ0) is 22.6. The molecule has 31 heavy (non-hydrogen) atoms.